The molecule has 1 N–H and O–H groups in total. The van der Waals surface area contributed by atoms with Crippen molar-refractivity contribution in [1.29, 1.82) is 0 Å². The molecule has 0 bridgehead atoms. The van der Waals surface area contributed by atoms with Crippen LogP contribution in [0.5, 0.6) is 5.75 Å². The van der Waals surface area contributed by atoms with Crippen molar-refractivity contribution >= 4 is 39.9 Å². The summed E-state index contributed by atoms with van der Waals surface area (Å²) in [5.74, 6) is 0.158. The first kappa shape index (κ1) is 21.3. The van der Waals surface area contributed by atoms with Crippen LogP contribution in [0.25, 0.3) is 0 Å². The molecule has 2 aliphatic rings. The SMILES string of the molecule is COc1ccc(N2C[C@H](C(=O)N3CCC(C(=O)Nc4nc(C)cs4)CC3)CC2=O)cc1. The minimum Gasteiger partial charge on any atom is -0.497 e. The van der Waals surface area contributed by atoms with Gasteiger partial charge in [-0.25, -0.2) is 4.98 Å². The van der Waals surface area contributed by atoms with E-state index < -0.39 is 0 Å². The molecule has 0 spiro atoms. The van der Waals surface area contributed by atoms with Crippen LogP contribution in [0.1, 0.15) is 25.0 Å². The van der Waals surface area contributed by atoms with Crippen molar-refractivity contribution in [3.63, 3.8) is 0 Å². The number of nitrogens with zero attached hydrogens (tertiary/aromatic N) is 3. The van der Waals surface area contributed by atoms with Gasteiger partial charge in [0, 0.05) is 43.0 Å². The Labute approximate surface area is 185 Å². The Bertz CT molecular complexity index is 966. The predicted molar refractivity (Wildman–Crippen MR) is 118 cm³/mol. The Hall–Kier alpha value is -2.94. The first-order chi connectivity index (χ1) is 14.9. The molecular formula is C22H26N4O4S. The number of methoxy groups -OCH3 is 1. The quantitative estimate of drug-likeness (QED) is 0.769. The maximum absolute atomic E-state index is 13.0. The molecule has 0 unspecified atom stereocenters. The van der Waals surface area contributed by atoms with Gasteiger partial charge in [-0.1, -0.05) is 0 Å². The van der Waals surface area contributed by atoms with Crippen LogP contribution >= 0.6 is 11.3 Å². The number of hydrogen-bond acceptors (Lipinski definition) is 6. The Balaban J connectivity index is 1.30. The number of amides is 3. The lowest BCUT2D eigenvalue weighted by atomic mass is 9.94. The van der Waals surface area contributed by atoms with E-state index in [9.17, 15) is 14.4 Å². The summed E-state index contributed by atoms with van der Waals surface area (Å²) in [6.07, 6.45) is 1.45. The number of benzene rings is 1. The summed E-state index contributed by atoms with van der Waals surface area (Å²) in [4.78, 5) is 45.7. The van der Waals surface area contributed by atoms with Gasteiger partial charge in [-0.2, -0.15) is 0 Å². The highest BCUT2D eigenvalue weighted by Gasteiger charge is 2.38. The summed E-state index contributed by atoms with van der Waals surface area (Å²) < 4.78 is 5.16. The van der Waals surface area contributed by atoms with Crippen molar-refractivity contribution in [2.24, 2.45) is 11.8 Å². The van der Waals surface area contributed by atoms with Gasteiger partial charge in [0.2, 0.25) is 17.7 Å². The summed E-state index contributed by atoms with van der Waals surface area (Å²) in [5, 5.41) is 5.39. The molecule has 3 heterocycles. The van der Waals surface area contributed by atoms with Gasteiger partial charge in [-0.05, 0) is 44.0 Å². The standard InChI is InChI=1S/C22H26N4O4S/c1-14-13-31-22(23-14)24-20(28)15-7-9-25(10-8-15)21(29)16-11-19(27)26(12-16)17-3-5-18(30-2)6-4-17/h3-6,13,15-16H,7-12H2,1-2H3,(H,23,24,28)/t16-/m1/s1. The highest BCUT2D eigenvalue weighted by Crippen LogP contribution is 2.29. The lowest BCUT2D eigenvalue weighted by Crippen LogP contribution is -2.44. The van der Waals surface area contributed by atoms with E-state index in [1.807, 2.05) is 24.4 Å². The topological polar surface area (TPSA) is 91.8 Å². The Kier molecular flexibility index (Phi) is 6.22. The van der Waals surface area contributed by atoms with E-state index in [4.69, 9.17) is 4.74 Å². The van der Waals surface area contributed by atoms with E-state index in [-0.39, 0.29) is 36.0 Å². The van der Waals surface area contributed by atoms with Crippen LogP contribution in [0, 0.1) is 18.8 Å². The second kappa shape index (κ2) is 9.05. The van der Waals surface area contributed by atoms with Crippen molar-refractivity contribution in [2.75, 3.05) is 37.0 Å². The second-order valence-corrected chi connectivity index (χ2v) is 8.84. The molecule has 3 amide bonds. The normalized spacial score (nSPS) is 19.5. The Morgan fingerprint density at radius 2 is 1.87 bits per heavy atom. The molecule has 2 aliphatic heterocycles. The first-order valence-electron chi connectivity index (χ1n) is 10.4. The molecule has 4 rings (SSSR count). The zero-order valence-corrected chi connectivity index (χ0v) is 18.5. The molecule has 8 nitrogen and oxygen atoms in total. The van der Waals surface area contributed by atoms with E-state index in [0.717, 1.165) is 17.1 Å². The van der Waals surface area contributed by atoms with Gasteiger partial charge >= 0.3 is 0 Å². The fourth-order valence-electron chi connectivity index (χ4n) is 4.12. The van der Waals surface area contributed by atoms with E-state index in [0.29, 0.717) is 37.6 Å². The average Bonchev–Trinajstić information content (AvgIpc) is 3.38. The van der Waals surface area contributed by atoms with Gasteiger partial charge in [0.05, 0.1) is 18.7 Å². The lowest BCUT2D eigenvalue weighted by Gasteiger charge is -2.32. The fourth-order valence-corrected chi connectivity index (χ4v) is 4.81. The number of ether oxygens (including phenoxy) is 1. The number of carbonyl (C=O) groups excluding carboxylic acids is 3. The van der Waals surface area contributed by atoms with Crippen molar-refractivity contribution in [1.82, 2.24) is 9.88 Å². The molecule has 0 saturated carbocycles. The predicted octanol–water partition coefficient (Wildman–Crippen LogP) is 2.69. The number of aromatic nitrogens is 1. The molecular weight excluding hydrogens is 416 g/mol. The highest BCUT2D eigenvalue weighted by molar-refractivity contribution is 7.13. The molecule has 0 radical (unpaired) electrons. The maximum atomic E-state index is 13.0. The minimum atomic E-state index is -0.349. The van der Waals surface area contributed by atoms with Crippen LogP contribution in [0.3, 0.4) is 0 Å². The Morgan fingerprint density at radius 3 is 2.48 bits per heavy atom. The number of nitrogens with one attached hydrogen (secondary N) is 1. The molecule has 31 heavy (non-hydrogen) atoms. The van der Waals surface area contributed by atoms with Gasteiger partial charge in [0.15, 0.2) is 5.13 Å². The van der Waals surface area contributed by atoms with E-state index in [2.05, 4.69) is 10.3 Å². The van der Waals surface area contributed by atoms with Gasteiger partial charge in [0.1, 0.15) is 5.75 Å². The van der Waals surface area contributed by atoms with Crippen LogP contribution in [0.15, 0.2) is 29.6 Å². The van der Waals surface area contributed by atoms with Crippen molar-refractivity contribution in [3.8, 4) is 5.75 Å². The summed E-state index contributed by atoms with van der Waals surface area (Å²) in [7, 11) is 1.59. The number of piperidine rings is 1. The number of likely N-dealkylation sites (tertiary alicyclic amines) is 1. The van der Waals surface area contributed by atoms with Gasteiger partial charge < -0.3 is 19.9 Å². The second-order valence-electron chi connectivity index (χ2n) is 7.99. The van der Waals surface area contributed by atoms with E-state index in [1.165, 1.54) is 11.3 Å². The van der Waals surface area contributed by atoms with Crippen LogP contribution < -0.4 is 15.0 Å². The van der Waals surface area contributed by atoms with Crippen LogP contribution in [-0.2, 0) is 14.4 Å². The number of hydrogen-bond donors (Lipinski definition) is 1. The molecule has 2 saturated heterocycles. The third kappa shape index (κ3) is 4.71. The fraction of sp³-hybridized carbons (Fsp3) is 0.455. The van der Waals surface area contributed by atoms with E-state index >= 15 is 0 Å². The van der Waals surface area contributed by atoms with Crippen LogP contribution in [-0.4, -0.2) is 54.3 Å². The molecule has 1 aromatic heterocycles. The average molecular weight is 443 g/mol. The first-order valence-corrected chi connectivity index (χ1v) is 11.3. The summed E-state index contributed by atoms with van der Waals surface area (Å²) in [6.45, 7) is 3.33. The molecule has 9 heteroatoms. The smallest absolute Gasteiger partial charge is 0.229 e. The summed E-state index contributed by atoms with van der Waals surface area (Å²) in [5.41, 5.74) is 1.66. The minimum absolute atomic E-state index is 0.00114. The molecule has 164 valence electrons. The molecule has 1 atom stereocenters. The molecule has 0 aliphatic carbocycles. The number of thiazole rings is 1. The summed E-state index contributed by atoms with van der Waals surface area (Å²) >= 11 is 1.41. The van der Waals surface area contributed by atoms with Gasteiger partial charge in [-0.15, -0.1) is 11.3 Å². The van der Waals surface area contributed by atoms with E-state index in [1.54, 1.807) is 29.0 Å². The Morgan fingerprint density at radius 1 is 1.16 bits per heavy atom. The number of rotatable bonds is 5. The third-order valence-electron chi connectivity index (χ3n) is 5.88. The van der Waals surface area contributed by atoms with Crippen molar-refractivity contribution in [3.05, 3.63) is 35.3 Å². The van der Waals surface area contributed by atoms with Gasteiger partial charge in [-0.3, -0.25) is 14.4 Å². The molecule has 1 aromatic carbocycles. The number of aryl methyl sites for hydroxylation is 1. The highest BCUT2D eigenvalue weighted by atomic mass is 32.1. The van der Waals surface area contributed by atoms with Crippen molar-refractivity contribution in [2.45, 2.75) is 26.2 Å². The molecule has 2 fully saturated rings. The maximum Gasteiger partial charge on any atom is 0.229 e. The third-order valence-corrected chi connectivity index (χ3v) is 6.76. The molecule has 2 aromatic rings. The number of anilines is 2. The van der Waals surface area contributed by atoms with Crippen LogP contribution in [0.2, 0.25) is 0 Å². The number of carbonyl (C=O) groups is 3. The lowest BCUT2D eigenvalue weighted by molar-refractivity contribution is -0.138. The van der Waals surface area contributed by atoms with Crippen molar-refractivity contribution < 1.29 is 19.1 Å². The largest absolute Gasteiger partial charge is 0.497 e. The van der Waals surface area contributed by atoms with Gasteiger partial charge in [0.25, 0.3) is 0 Å². The zero-order chi connectivity index (χ0) is 22.0. The summed E-state index contributed by atoms with van der Waals surface area (Å²) in [6, 6.07) is 7.27. The monoisotopic (exact) mass is 442 g/mol. The zero-order valence-electron chi connectivity index (χ0n) is 17.7. The van der Waals surface area contributed by atoms with Crippen LogP contribution in [0.4, 0.5) is 10.8 Å².